The normalized spacial score (nSPS) is 13.0. The second-order valence-corrected chi connectivity index (χ2v) is 19.2. The van der Waals surface area contributed by atoms with Crippen LogP contribution < -0.4 is 20.7 Å². The van der Waals surface area contributed by atoms with Gasteiger partial charge in [0.2, 0.25) is 0 Å². The van der Waals surface area contributed by atoms with Crippen LogP contribution in [0.25, 0.3) is 61.7 Å². The molecule has 0 amide bonds. The summed E-state index contributed by atoms with van der Waals surface area (Å²) in [5, 5.41) is 7.98. The fraction of sp³-hybridized carbons (Fsp3) is 0. The van der Waals surface area contributed by atoms with Gasteiger partial charge in [0.05, 0.1) is 16.7 Å². The van der Waals surface area contributed by atoms with Gasteiger partial charge in [-0.05, 0) is 57.1 Å². The molecule has 0 unspecified atom stereocenters. The predicted molar refractivity (Wildman–Crippen MR) is 238 cm³/mol. The average Bonchev–Trinajstić information content (AvgIpc) is 3.62. The molecule has 0 fully saturated rings. The molecule has 1 aliphatic heterocycles. The molecule has 4 nitrogen and oxygen atoms in total. The van der Waals surface area contributed by atoms with Crippen LogP contribution in [0.2, 0.25) is 0 Å². The van der Waals surface area contributed by atoms with E-state index in [1.54, 1.807) is 0 Å². The summed E-state index contributed by atoms with van der Waals surface area (Å²) < 4.78 is 2.43. The minimum atomic E-state index is -2.80. The number of hydrogen-bond acceptors (Lipinski definition) is 4. The van der Waals surface area contributed by atoms with Gasteiger partial charge in [-0.15, -0.1) is 0 Å². The van der Waals surface area contributed by atoms with Crippen LogP contribution >= 0.6 is 11.8 Å². The van der Waals surface area contributed by atoms with Crippen molar-refractivity contribution in [3.8, 4) is 39.9 Å². The number of rotatable bonds is 6. The lowest BCUT2D eigenvalue weighted by molar-refractivity contribution is 1.06. The zero-order valence-electron chi connectivity index (χ0n) is 30.8. The molecule has 10 aromatic rings. The van der Waals surface area contributed by atoms with Crippen LogP contribution in [0, 0.1) is 0 Å². The van der Waals surface area contributed by atoms with Crippen molar-refractivity contribution >= 4 is 62.4 Å². The van der Waals surface area contributed by atoms with E-state index in [9.17, 15) is 0 Å². The van der Waals surface area contributed by atoms with Crippen molar-refractivity contribution in [3.63, 3.8) is 0 Å². The summed E-state index contributed by atoms with van der Waals surface area (Å²) in [6, 6.07) is 74.3. The van der Waals surface area contributed by atoms with Gasteiger partial charge in [-0.2, -0.15) is 0 Å². The summed E-state index contributed by atoms with van der Waals surface area (Å²) in [5.74, 6) is 1.91. The van der Waals surface area contributed by atoms with Gasteiger partial charge in [0.15, 0.2) is 25.5 Å². The molecule has 0 aliphatic carbocycles. The highest BCUT2D eigenvalue weighted by Crippen LogP contribution is 2.38. The average molecular weight is 763 g/mol. The molecule has 0 saturated heterocycles. The number of nitrogens with zero attached hydrogens (tertiary/aromatic N) is 4. The van der Waals surface area contributed by atoms with Crippen LogP contribution in [-0.4, -0.2) is 27.6 Å². The quantitative estimate of drug-likeness (QED) is 0.158. The lowest BCUT2D eigenvalue weighted by Gasteiger charge is -2.39. The molecule has 1 aliphatic rings. The van der Waals surface area contributed by atoms with Crippen LogP contribution in [0.3, 0.4) is 0 Å². The van der Waals surface area contributed by atoms with E-state index in [0.717, 1.165) is 33.4 Å². The van der Waals surface area contributed by atoms with Crippen LogP contribution in [0.4, 0.5) is 0 Å². The minimum Gasteiger partial charge on any atom is -0.309 e. The number of fused-ring (bicyclic) bond motifs is 5. The van der Waals surface area contributed by atoms with Gasteiger partial charge >= 0.3 is 0 Å². The predicted octanol–water partition coefficient (Wildman–Crippen LogP) is 9.81. The SMILES string of the molecule is c1ccc(-c2nc(-c3ccccc3)nc(-c3ccccc3-n3c4ccccc4c4ccc([Si]5(c6ccccc6)c6ccccc6Sc6ccccc65)cc43)n2)cc1. The molecule has 0 atom stereocenters. The van der Waals surface area contributed by atoms with Gasteiger partial charge in [-0.1, -0.05) is 182 Å². The minimum absolute atomic E-state index is 0.627. The lowest BCUT2D eigenvalue weighted by atomic mass is 10.1. The highest BCUT2D eigenvalue weighted by Gasteiger charge is 2.47. The van der Waals surface area contributed by atoms with Crippen molar-refractivity contribution in [1.29, 1.82) is 0 Å². The molecule has 0 bridgehead atoms. The van der Waals surface area contributed by atoms with Crippen molar-refractivity contribution < 1.29 is 0 Å². The van der Waals surface area contributed by atoms with E-state index in [0.29, 0.717) is 17.5 Å². The molecular weight excluding hydrogens is 729 g/mol. The Morgan fingerprint density at radius 2 is 0.895 bits per heavy atom. The van der Waals surface area contributed by atoms with E-state index < -0.39 is 8.07 Å². The smallest absolute Gasteiger partial charge is 0.181 e. The molecular formula is C51H34N4SSi. The Labute approximate surface area is 336 Å². The van der Waals surface area contributed by atoms with Crippen LogP contribution in [0.15, 0.2) is 216 Å². The Kier molecular flexibility index (Phi) is 8.05. The summed E-state index contributed by atoms with van der Waals surface area (Å²) in [6.45, 7) is 0. The number of hydrogen-bond donors (Lipinski definition) is 0. The zero-order valence-corrected chi connectivity index (χ0v) is 32.6. The summed E-state index contributed by atoms with van der Waals surface area (Å²) in [7, 11) is -2.80. The number of para-hydroxylation sites is 2. The molecule has 0 radical (unpaired) electrons. The van der Waals surface area contributed by atoms with E-state index in [2.05, 4.69) is 174 Å². The van der Waals surface area contributed by atoms with Crippen molar-refractivity contribution in [1.82, 2.24) is 19.5 Å². The first-order valence-corrected chi connectivity index (χ1v) is 22.0. The highest BCUT2D eigenvalue weighted by atomic mass is 32.2. The third-order valence-electron chi connectivity index (χ3n) is 11.2. The maximum absolute atomic E-state index is 5.19. The fourth-order valence-corrected chi connectivity index (χ4v) is 15.7. The van der Waals surface area contributed by atoms with Crippen molar-refractivity contribution in [3.05, 3.63) is 206 Å². The lowest BCUT2D eigenvalue weighted by Crippen LogP contribution is -2.76. The van der Waals surface area contributed by atoms with Gasteiger partial charge < -0.3 is 4.57 Å². The topological polar surface area (TPSA) is 43.6 Å². The number of aromatic nitrogens is 4. The first-order valence-electron chi connectivity index (χ1n) is 19.2. The summed E-state index contributed by atoms with van der Waals surface area (Å²) in [5.41, 5.74) is 6.12. The summed E-state index contributed by atoms with van der Waals surface area (Å²) in [6.07, 6.45) is 0. The van der Waals surface area contributed by atoms with Gasteiger partial charge in [0.25, 0.3) is 0 Å². The Morgan fingerprint density at radius 3 is 1.56 bits per heavy atom. The Bertz CT molecular complexity index is 3010. The second kappa shape index (κ2) is 13.7. The largest absolute Gasteiger partial charge is 0.309 e. The Hall–Kier alpha value is -6.86. The Morgan fingerprint density at radius 1 is 0.386 bits per heavy atom. The van der Waals surface area contributed by atoms with E-state index in [1.165, 1.54) is 41.3 Å². The first kappa shape index (κ1) is 33.5. The van der Waals surface area contributed by atoms with Gasteiger partial charge in [-0.25, -0.2) is 15.0 Å². The van der Waals surface area contributed by atoms with E-state index in [1.807, 2.05) is 48.2 Å². The second-order valence-electron chi connectivity index (χ2n) is 14.4. The third-order valence-corrected chi connectivity index (χ3v) is 17.6. The summed E-state index contributed by atoms with van der Waals surface area (Å²) in [4.78, 5) is 18.0. The fourth-order valence-electron chi connectivity index (χ4n) is 8.72. The van der Waals surface area contributed by atoms with Crippen molar-refractivity contribution in [2.45, 2.75) is 9.79 Å². The molecule has 0 saturated carbocycles. The highest BCUT2D eigenvalue weighted by molar-refractivity contribution is 8.00. The molecule has 0 spiro atoms. The van der Waals surface area contributed by atoms with E-state index in [4.69, 9.17) is 15.0 Å². The standard InChI is InChI=1S/C51H34N4SSi/c1-4-18-35(19-5-1)49-52-50(36-20-6-2-7-21-36)54-51(53-49)41-25-11-13-27-43(41)55-42-26-12-10-24-39(42)40-33-32-38(34-44(40)55)57(37-22-8-3-9-23-37)47-30-16-14-28-45(47)56-46-29-15-17-31-48(46)57/h1-34H. The molecule has 268 valence electrons. The summed E-state index contributed by atoms with van der Waals surface area (Å²) >= 11 is 1.89. The van der Waals surface area contributed by atoms with Gasteiger partial charge in [0.1, 0.15) is 0 Å². The molecule has 57 heavy (non-hydrogen) atoms. The Balaban J connectivity index is 1.21. The zero-order chi connectivity index (χ0) is 37.8. The molecule has 0 N–H and O–H groups in total. The van der Waals surface area contributed by atoms with E-state index >= 15 is 0 Å². The van der Waals surface area contributed by atoms with Gasteiger partial charge in [-0.3, -0.25) is 0 Å². The van der Waals surface area contributed by atoms with Crippen LogP contribution in [-0.2, 0) is 0 Å². The van der Waals surface area contributed by atoms with Crippen LogP contribution in [0.5, 0.6) is 0 Å². The van der Waals surface area contributed by atoms with Crippen molar-refractivity contribution in [2.24, 2.45) is 0 Å². The first-order chi connectivity index (χ1) is 28.3. The monoisotopic (exact) mass is 762 g/mol. The maximum atomic E-state index is 5.19. The van der Waals surface area contributed by atoms with Gasteiger partial charge in [0, 0.05) is 37.3 Å². The molecule has 8 aromatic carbocycles. The third kappa shape index (κ3) is 5.40. The maximum Gasteiger partial charge on any atom is 0.181 e. The van der Waals surface area contributed by atoms with Crippen molar-refractivity contribution in [2.75, 3.05) is 0 Å². The molecule has 3 heterocycles. The van der Waals surface area contributed by atoms with Crippen LogP contribution in [0.1, 0.15) is 0 Å². The number of benzene rings is 8. The molecule has 6 heteroatoms. The molecule has 2 aromatic heterocycles. The molecule has 11 rings (SSSR count). The van der Waals surface area contributed by atoms with E-state index in [-0.39, 0.29) is 0 Å².